The minimum atomic E-state index is -0.396. The van der Waals surface area contributed by atoms with Crippen LogP contribution in [0.3, 0.4) is 0 Å². The zero-order chi connectivity index (χ0) is 11.7. The van der Waals surface area contributed by atoms with E-state index in [1.807, 2.05) is 0 Å². The Bertz CT molecular complexity index is 546. The van der Waals surface area contributed by atoms with E-state index in [0.29, 0.717) is 11.3 Å². The number of ketones is 1. The Labute approximate surface area is 100 Å². The van der Waals surface area contributed by atoms with Crippen LogP contribution in [0.25, 0.3) is 0 Å². The fourth-order valence-electron chi connectivity index (χ4n) is 1.37. The molecule has 0 saturated carbocycles. The lowest BCUT2D eigenvalue weighted by molar-refractivity contribution is 0.101. The van der Waals surface area contributed by atoms with Crippen molar-refractivity contribution < 1.29 is 13.6 Å². The maximum Gasteiger partial charge on any atom is 0.228 e. The predicted molar refractivity (Wildman–Crippen MR) is 61.0 cm³/mol. The SMILES string of the molecule is Cc1ccoc1C(=O)c1ccc(F)c(Br)c1. The average molecular weight is 283 g/mol. The summed E-state index contributed by atoms with van der Waals surface area (Å²) in [6.45, 7) is 1.79. The van der Waals surface area contributed by atoms with Crippen molar-refractivity contribution in [2.45, 2.75) is 6.92 Å². The molecule has 0 unspecified atom stereocenters. The Kier molecular flexibility index (Phi) is 2.92. The molecule has 82 valence electrons. The number of rotatable bonds is 2. The quantitative estimate of drug-likeness (QED) is 0.786. The van der Waals surface area contributed by atoms with Crippen molar-refractivity contribution in [1.29, 1.82) is 0 Å². The summed E-state index contributed by atoms with van der Waals surface area (Å²) in [5, 5.41) is 0. The van der Waals surface area contributed by atoms with Crippen molar-refractivity contribution in [3.8, 4) is 0 Å². The van der Waals surface area contributed by atoms with E-state index in [0.717, 1.165) is 5.56 Å². The first-order valence-corrected chi connectivity index (χ1v) is 5.42. The molecule has 0 radical (unpaired) electrons. The zero-order valence-electron chi connectivity index (χ0n) is 8.46. The zero-order valence-corrected chi connectivity index (χ0v) is 10.0. The van der Waals surface area contributed by atoms with Crippen LogP contribution in [0.2, 0.25) is 0 Å². The van der Waals surface area contributed by atoms with Crippen molar-refractivity contribution in [2.24, 2.45) is 0 Å². The molecule has 0 fully saturated rings. The van der Waals surface area contributed by atoms with Gasteiger partial charge in [-0.1, -0.05) is 0 Å². The van der Waals surface area contributed by atoms with E-state index in [1.165, 1.54) is 24.5 Å². The van der Waals surface area contributed by atoms with Crippen LogP contribution in [-0.2, 0) is 0 Å². The molecule has 2 aromatic rings. The Hall–Kier alpha value is -1.42. The molecule has 1 aromatic carbocycles. The Morgan fingerprint density at radius 1 is 1.38 bits per heavy atom. The van der Waals surface area contributed by atoms with Crippen molar-refractivity contribution in [3.05, 3.63) is 57.7 Å². The highest BCUT2D eigenvalue weighted by Gasteiger charge is 2.16. The van der Waals surface area contributed by atoms with Crippen LogP contribution in [0.4, 0.5) is 4.39 Å². The van der Waals surface area contributed by atoms with Crippen LogP contribution < -0.4 is 0 Å². The molecule has 2 nitrogen and oxygen atoms in total. The summed E-state index contributed by atoms with van der Waals surface area (Å²) in [4.78, 5) is 12.0. The lowest BCUT2D eigenvalue weighted by Crippen LogP contribution is -2.01. The van der Waals surface area contributed by atoms with Gasteiger partial charge in [-0.05, 0) is 52.7 Å². The fraction of sp³-hybridized carbons (Fsp3) is 0.0833. The van der Waals surface area contributed by atoms with Crippen LogP contribution in [0.15, 0.2) is 39.4 Å². The van der Waals surface area contributed by atoms with Gasteiger partial charge in [0.2, 0.25) is 5.78 Å². The van der Waals surface area contributed by atoms with E-state index in [2.05, 4.69) is 15.9 Å². The van der Waals surface area contributed by atoms with Gasteiger partial charge in [0.1, 0.15) is 5.82 Å². The summed E-state index contributed by atoms with van der Waals surface area (Å²) < 4.78 is 18.4. The Morgan fingerprint density at radius 3 is 2.69 bits per heavy atom. The smallest absolute Gasteiger partial charge is 0.228 e. The van der Waals surface area contributed by atoms with E-state index < -0.39 is 5.82 Å². The molecule has 0 spiro atoms. The summed E-state index contributed by atoms with van der Waals surface area (Å²) >= 11 is 3.04. The molecule has 0 aliphatic carbocycles. The fourth-order valence-corrected chi connectivity index (χ4v) is 1.75. The molecule has 0 saturated heterocycles. The summed E-state index contributed by atoms with van der Waals surface area (Å²) in [6, 6.07) is 5.84. The highest BCUT2D eigenvalue weighted by molar-refractivity contribution is 9.10. The number of hydrogen-bond donors (Lipinski definition) is 0. The number of benzene rings is 1. The third kappa shape index (κ3) is 1.93. The van der Waals surface area contributed by atoms with Crippen LogP contribution >= 0.6 is 15.9 Å². The highest BCUT2D eigenvalue weighted by Crippen LogP contribution is 2.20. The summed E-state index contributed by atoms with van der Waals surface area (Å²) in [5.41, 5.74) is 1.16. The van der Waals surface area contributed by atoms with Gasteiger partial charge in [0.25, 0.3) is 0 Å². The largest absolute Gasteiger partial charge is 0.461 e. The van der Waals surface area contributed by atoms with Gasteiger partial charge in [-0.15, -0.1) is 0 Å². The number of furan rings is 1. The van der Waals surface area contributed by atoms with Crippen LogP contribution in [0, 0.1) is 12.7 Å². The molecule has 0 amide bonds. The van der Waals surface area contributed by atoms with Gasteiger partial charge < -0.3 is 4.42 Å². The number of aryl methyl sites for hydroxylation is 1. The molecular formula is C12H8BrFO2. The maximum atomic E-state index is 13.0. The molecule has 1 aromatic heterocycles. The van der Waals surface area contributed by atoms with Crippen LogP contribution in [0.5, 0.6) is 0 Å². The summed E-state index contributed by atoms with van der Waals surface area (Å²) in [7, 11) is 0. The van der Waals surface area contributed by atoms with Gasteiger partial charge >= 0.3 is 0 Å². The standard InChI is InChI=1S/C12H8BrFO2/c1-7-4-5-16-12(7)11(15)8-2-3-10(14)9(13)6-8/h2-6H,1H3. The van der Waals surface area contributed by atoms with Gasteiger partial charge in [0.05, 0.1) is 10.7 Å². The van der Waals surface area contributed by atoms with Crippen molar-refractivity contribution >= 4 is 21.7 Å². The third-order valence-electron chi connectivity index (χ3n) is 2.25. The molecule has 0 aliphatic heterocycles. The van der Waals surface area contributed by atoms with E-state index in [4.69, 9.17) is 4.42 Å². The van der Waals surface area contributed by atoms with Crippen molar-refractivity contribution in [1.82, 2.24) is 0 Å². The molecule has 0 N–H and O–H groups in total. The summed E-state index contributed by atoms with van der Waals surface area (Å²) in [5.74, 6) is -0.352. The lowest BCUT2D eigenvalue weighted by Gasteiger charge is -2.00. The van der Waals surface area contributed by atoms with E-state index in [-0.39, 0.29) is 10.3 Å². The minimum Gasteiger partial charge on any atom is -0.461 e. The van der Waals surface area contributed by atoms with E-state index in [9.17, 15) is 9.18 Å². The second-order valence-electron chi connectivity index (χ2n) is 3.39. The van der Waals surface area contributed by atoms with E-state index >= 15 is 0 Å². The molecule has 1 heterocycles. The maximum absolute atomic E-state index is 13.0. The van der Waals surface area contributed by atoms with E-state index in [1.54, 1.807) is 13.0 Å². The average Bonchev–Trinajstić information content (AvgIpc) is 2.67. The second-order valence-corrected chi connectivity index (χ2v) is 4.25. The van der Waals surface area contributed by atoms with Gasteiger partial charge in [-0.2, -0.15) is 0 Å². The first kappa shape index (κ1) is 11.1. The van der Waals surface area contributed by atoms with Crippen LogP contribution in [0.1, 0.15) is 21.7 Å². The topological polar surface area (TPSA) is 30.2 Å². The molecule has 0 bridgehead atoms. The van der Waals surface area contributed by atoms with Gasteiger partial charge in [-0.3, -0.25) is 4.79 Å². The number of carbonyl (C=O) groups excluding carboxylic acids is 1. The van der Waals surface area contributed by atoms with Gasteiger partial charge in [0, 0.05) is 5.56 Å². The molecule has 0 aliphatic rings. The van der Waals surface area contributed by atoms with Gasteiger partial charge in [0.15, 0.2) is 5.76 Å². The normalized spacial score (nSPS) is 10.4. The number of halogens is 2. The first-order valence-electron chi connectivity index (χ1n) is 4.63. The first-order chi connectivity index (χ1) is 7.59. The summed E-state index contributed by atoms with van der Waals surface area (Å²) in [6.07, 6.45) is 1.46. The highest BCUT2D eigenvalue weighted by atomic mass is 79.9. The molecule has 16 heavy (non-hydrogen) atoms. The number of carbonyl (C=O) groups is 1. The second kappa shape index (κ2) is 4.22. The molecule has 2 rings (SSSR count). The number of hydrogen-bond acceptors (Lipinski definition) is 2. The molecule has 4 heteroatoms. The molecule has 0 atom stereocenters. The minimum absolute atomic E-state index is 0.247. The molecular weight excluding hydrogens is 275 g/mol. The van der Waals surface area contributed by atoms with Crippen molar-refractivity contribution in [3.63, 3.8) is 0 Å². The monoisotopic (exact) mass is 282 g/mol. The third-order valence-corrected chi connectivity index (χ3v) is 2.86. The van der Waals surface area contributed by atoms with Crippen LogP contribution in [-0.4, -0.2) is 5.78 Å². The van der Waals surface area contributed by atoms with Gasteiger partial charge in [-0.25, -0.2) is 4.39 Å². The Morgan fingerprint density at radius 2 is 2.12 bits per heavy atom. The Balaban J connectivity index is 2.42. The predicted octanol–water partition coefficient (Wildman–Crippen LogP) is 3.72. The lowest BCUT2D eigenvalue weighted by atomic mass is 10.1. The van der Waals surface area contributed by atoms with Crippen molar-refractivity contribution in [2.75, 3.05) is 0 Å².